The van der Waals surface area contributed by atoms with E-state index in [4.69, 9.17) is 0 Å². The van der Waals surface area contributed by atoms with Crippen LogP contribution in [0, 0.1) is 6.92 Å². The number of carbonyl (C=O) groups is 2. The molecule has 0 atom stereocenters. The van der Waals surface area contributed by atoms with Gasteiger partial charge in [0, 0.05) is 54.6 Å². The highest BCUT2D eigenvalue weighted by Gasteiger charge is 2.25. The topological polar surface area (TPSA) is 80.1 Å². The van der Waals surface area contributed by atoms with Crippen LogP contribution in [0.5, 0.6) is 0 Å². The van der Waals surface area contributed by atoms with Crippen LogP contribution in [-0.4, -0.2) is 50.6 Å². The van der Waals surface area contributed by atoms with Crippen LogP contribution in [0.2, 0.25) is 0 Å². The lowest BCUT2D eigenvalue weighted by Gasteiger charge is -2.32. The van der Waals surface area contributed by atoms with Crippen molar-refractivity contribution >= 4 is 23.2 Å². The second kappa shape index (κ2) is 8.16. The summed E-state index contributed by atoms with van der Waals surface area (Å²) in [6.07, 6.45) is 4.75. The van der Waals surface area contributed by atoms with Crippen molar-refractivity contribution in [2.24, 2.45) is 7.05 Å². The number of aromatic nitrogens is 3. The Kier molecular flexibility index (Phi) is 5.44. The number of hydrogen-bond donors (Lipinski definition) is 1. The van der Waals surface area contributed by atoms with Crippen molar-refractivity contribution in [2.45, 2.75) is 25.8 Å². The number of rotatable bonds is 4. The van der Waals surface area contributed by atoms with Crippen molar-refractivity contribution in [2.75, 3.05) is 13.1 Å². The number of hydrogen-bond acceptors (Lipinski definition) is 5. The summed E-state index contributed by atoms with van der Waals surface area (Å²) < 4.78 is 1.61. The van der Waals surface area contributed by atoms with Crippen LogP contribution >= 0.6 is 11.3 Å². The summed E-state index contributed by atoms with van der Waals surface area (Å²) in [5.41, 5.74) is 3.27. The van der Waals surface area contributed by atoms with E-state index in [1.165, 1.54) is 0 Å². The Morgan fingerprint density at radius 1 is 1.14 bits per heavy atom. The smallest absolute Gasteiger partial charge is 0.254 e. The Labute approximate surface area is 173 Å². The van der Waals surface area contributed by atoms with Gasteiger partial charge in [0.25, 0.3) is 11.8 Å². The van der Waals surface area contributed by atoms with Crippen molar-refractivity contribution in [1.82, 2.24) is 25.0 Å². The van der Waals surface area contributed by atoms with Crippen LogP contribution in [0.1, 0.15) is 39.3 Å². The fourth-order valence-corrected chi connectivity index (χ4v) is 4.26. The number of amides is 2. The maximum absolute atomic E-state index is 12.8. The summed E-state index contributed by atoms with van der Waals surface area (Å²) in [4.78, 5) is 31.4. The van der Waals surface area contributed by atoms with Crippen LogP contribution in [0.25, 0.3) is 10.6 Å². The SMILES string of the molecule is Cc1csc(-c2ccc(C(=O)N3CCC(NC(=O)c4cnn(C)c4)CC3)cc2)n1. The van der Waals surface area contributed by atoms with Crippen LogP contribution in [0.15, 0.2) is 42.0 Å². The fraction of sp³-hybridized carbons (Fsp3) is 0.333. The molecule has 0 bridgehead atoms. The van der Waals surface area contributed by atoms with Gasteiger partial charge in [-0.2, -0.15) is 5.10 Å². The molecule has 29 heavy (non-hydrogen) atoms. The summed E-state index contributed by atoms with van der Waals surface area (Å²) in [7, 11) is 1.78. The van der Waals surface area contributed by atoms with Gasteiger partial charge in [0.15, 0.2) is 0 Å². The molecule has 7 nitrogen and oxygen atoms in total. The zero-order chi connectivity index (χ0) is 20.4. The first-order valence-electron chi connectivity index (χ1n) is 9.61. The summed E-state index contributed by atoms with van der Waals surface area (Å²) in [5, 5.41) is 10.0. The first kappa shape index (κ1) is 19.3. The predicted octanol–water partition coefficient (Wildman–Crippen LogP) is 2.89. The van der Waals surface area contributed by atoms with Gasteiger partial charge in [0.05, 0.1) is 11.8 Å². The van der Waals surface area contributed by atoms with Gasteiger partial charge in [-0.1, -0.05) is 12.1 Å². The Bertz CT molecular complexity index is 1020. The molecule has 1 aromatic carbocycles. The number of benzene rings is 1. The molecule has 2 aromatic heterocycles. The first-order valence-corrected chi connectivity index (χ1v) is 10.5. The zero-order valence-electron chi connectivity index (χ0n) is 16.5. The number of likely N-dealkylation sites (tertiary alicyclic amines) is 1. The largest absolute Gasteiger partial charge is 0.349 e. The molecule has 0 saturated carbocycles. The second-order valence-corrected chi connectivity index (χ2v) is 8.17. The first-order chi connectivity index (χ1) is 14.0. The van der Waals surface area contributed by atoms with Crippen LogP contribution in [0.4, 0.5) is 0 Å². The zero-order valence-corrected chi connectivity index (χ0v) is 17.3. The molecule has 150 valence electrons. The molecule has 0 aliphatic carbocycles. The maximum Gasteiger partial charge on any atom is 0.254 e. The van der Waals surface area contributed by atoms with E-state index in [0.717, 1.165) is 29.1 Å². The van der Waals surface area contributed by atoms with E-state index in [9.17, 15) is 9.59 Å². The van der Waals surface area contributed by atoms with Gasteiger partial charge in [-0.25, -0.2) is 4.98 Å². The van der Waals surface area contributed by atoms with Crippen molar-refractivity contribution < 1.29 is 9.59 Å². The minimum absolute atomic E-state index is 0.0314. The number of thiazole rings is 1. The third kappa shape index (κ3) is 4.37. The normalized spacial score (nSPS) is 14.8. The maximum atomic E-state index is 12.8. The average Bonchev–Trinajstić information content (AvgIpc) is 3.36. The molecule has 0 spiro atoms. The highest BCUT2D eigenvalue weighted by molar-refractivity contribution is 7.13. The van der Waals surface area contributed by atoms with E-state index >= 15 is 0 Å². The molecule has 3 heterocycles. The Balaban J connectivity index is 1.32. The van der Waals surface area contributed by atoms with Crippen molar-refractivity contribution in [3.63, 3.8) is 0 Å². The fourth-order valence-electron chi connectivity index (χ4n) is 3.46. The van der Waals surface area contributed by atoms with Gasteiger partial charge in [0.2, 0.25) is 0 Å². The molecule has 1 N–H and O–H groups in total. The molecule has 8 heteroatoms. The van der Waals surface area contributed by atoms with Gasteiger partial charge in [0.1, 0.15) is 5.01 Å². The molecule has 0 unspecified atom stereocenters. The molecule has 3 aromatic rings. The molecular weight excluding hydrogens is 386 g/mol. The van der Waals surface area contributed by atoms with E-state index in [1.807, 2.05) is 41.5 Å². The van der Waals surface area contributed by atoms with E-state index in [-0.39, 0.29) is 17.9 Å². The quantitative estimate of drug-likeness (QED) is 0.719. The highest BCUT2D eigenvalue weighted by atomic mass is 32.1. The Hall–Kier alpha value is -3.00. The number of carbonyl (C=O) groups excluding carboxylic acids is 2. The molecule has 1 aliphatic heterocycles. The summed E-state index contributed by atoms with van der Waals surface area (Å²) in [5.74, 6) is -0.0835. The standard InChI is InChI=1S/C21H23N5O2S/c1-14-13-29-20(23-14)15-3-5-16(6-4-15)21(28)26-9-7-18(8-10-26)24-19(27)17-11-22-25(2)12-17/h3-6,11-13,18H,7-10H2,1-2H3,(H,24,27). The predicted molar refractivity (Wildman–Crippen MR) is 112 cm³/mol. The van der Waals surface area contributed by atoms with Gasteiger partial charge in [-0.3, -0.25) is 14.3 Å². The van der Waals surface area contributed by atoms with E-state index in [1.54, 1.807) is 35.5 Å². The summed E-state index contributed by atoms with van der Waals surface area (Å²) in [6, 6.07) is 7.70. The lowest BCUT2D eigenvalue weighted by Crippen LogP contribution is -2.46. The lowest BCUT2D eigenvalue weighted by atomic mass is 10.0. The van der Waals surface area contributed by atoms with Crippen molar-refractivity contribution in [1.29, 1.82) is 0 Å². The Morgan fingerprint density at radius 2 is 1.86 bits per heavy atom. The lowest BCUT2D eigenvalue weighted by molar-refractivity contribution is 0.0698. The van der Waals surface area contributed by atoms with Gasteiger partial charge < -0.3 is 10.2 Å². The minimum Gasteiger partial charge on any atom is -0.349 e. The monoisotopic (exact) mass is 409 g/mol. The van der Waals surface area contributed by atoms with E-state index < -0.39 is 0 Å². The van der Waals surface area contributed by atoms with Crippen molar-refractivity contribution in [3.8, 4) is 10.6 Å². The second-order valence-electron chi connectivity index (χ2n) is 7.31. The van der Waals surface area contributed by atoms with Gasteiger partial charge >= 0.3 is 0 Å². The average molecular weight is 410 g/mol. The molecule has 2 amide bonds. The molecule has 1 aliphatic rings. The molecule has 1 saturated heterocycles. The molecule has 1 fully saturated rings. The van der Waals surface area contributed by atoms with Crippen LogP contribution in [0.3, 0.4) is 0 Å². The minimum atomic E-state index is -0.115. The number of nitrogens with zero attached hydrogens (tertiary/aromatic N) is 4. The number of aryl methyl sites for hydroxylation is 2. The molecular formula is C21H23N5O2S. The molecule has 0 radical (unpaired) electrons. The summed E-state index contributed by atoms with van der Waals surface area (Å²) in [6.45, 7) is 3.23. The number of nitrogens with one attached hydrogen (secondary N) is 1. The Morgan fingerprint density at radius 3 is 2.45 bits per heavy atom. The van der Waals surface area contributed by atoms with E-state index in [0.29, 0.717) is 24.2 Å². The van der Waals surface area contributed by atoms with Crippen molar-refractivity contribution in [3.05, 3.63) is 58.9 Å². The van der Waals surface area contributed by atoms with Crippen LogP contribution < -0.4 is 5.32 Å². The number of piperidine rings is 1. The van der Waals surface area contributed by atoms with Gasteiger partial charge in [-0.15, -0.1) is 11.3 Å². The third-order valence-electron chi connectivity index (χ3n) is 5.08. The van der Waals surface area contributed by atoms with Crippen LogP contribution in [-0.2, 0) is 7.05 Å². The third-order valence-corrected chi connectivity index (χ3v) is 6.09. The summed E-state index contributed by atoms with van der Waals surface area (Å²) >= 11 is 1.60. The van der Waals surface area contributed by atoms with E-state index in [2.05, 4.69) is 15.4 Å². The van der Waals surface area contributed by atoms with Gasteiger partial charge in [-0.05, 0) is 31.9 Å². The highest BCUT2D eigenvalue weighted by Crippen LogP contribution is 2.24. The molecule has 4 rings (SSSR count).